The zero-order valence-corrected chi connectivity index (χ0v) is 37.5. The molecule has 0 saturated heterocycles. The van der Waals surface area contributed by atoms with Gasteiger partial charge in [-0.05, 0) is 129 Å². The van der Waals surface area contributed by atoms with Gasteiger partial charge < -0.3 is 4.90 Å². The Morgan fingerprint density at radius 1 is 0.460 bits per heavy atom. The van der Waals surface area contributed by atoms with Crippen molar-refractivity contribution in [3.63, 3.8) is 0 Å². The lowest BCUT2D eigenvalue weighted by atomic mass is 9.48. The number of nitrogens with zero attached hydrogens (tertiary/aromatic N) is 1. The lowest BCUT2D eigenvalue weighted by Gasteiger charge is -2.57. The normalized spacial score (nSPS) is 20.9. The third-order valence-corrected chi connectivity index (χ3v) is 21.4. The van der Waals surface area contributed by atoms with Crippen LogP contribution in [0.15, 0.2) is 222 Å². The van der Waals surface area contributed by atoms with Crippen molar-refractivity contribution in [3.8, 4) is 11.1 Å². The Bertz CT molecular complexity index is 2900. The number of fused-ring (bicyclic) bond motifs is 2. The summed E-state index contributed by atoms with van der Waals surface area (Å²) in [6, 6.07) is 75.7. The number of hydrogen-bond acceptors (Lipinski definition) is 3. The molecule has 3 aliphatic rings. The first-order valence-electron chi connectivity index (χ1n) is 22.6. The predicted molar refractivity (Wildman–Crippen MR) is 262 cm³/mol. The second-order valence-corrected chi connectivity index (χ2v) is 23.8. The average Bonchev–Trinajstić information content (AvgIpc) is 3.33. The minimum atomic E-state index is -3.78. The Morgan fingerprint density at radius 3 is 1.44 bits per heavy atom. The number of sulfone groups is 1. The van der Waals surface area contributed by atoms with Crippen LogP contribution in [0.4, 0.5) is 17.1 Å². The summed E-state index contributed by atoms with van der Waals surface area (Å²) in [5, 5.41) is 5.39. The van der Waals surface area contributed by atoms with E-state index in [2.05, 4.69) is 182 Å². The highest BCUT2D eigenvalue weighted by Crippen LogP contribution is 2.63. The van der Waals surface area contributed by atoms with Crippen molar-refractivity contribution in [1.29, 1.82) is 0 Å². The van der Waals surface area contributed by atoms with Gasteiger partial charge in [0.2, 0.25) is 9.84 Å². The molecule has 0 amide bonds. The molecule has 2 fully saturated rings. The van der Waals surface area contributed by atoms with Gasteiger partial charge >= 0.3 is 0 Å². The Balaban J connectivity index is 0.996. The van der Waals surface area contributed by atoms with E-state index in [9.17, 15) is 8.42 Å². The summed E-state index contributed by atoms with van der Waals surface area (Å²) in [6.45, 7) is 2.39. The predicted octanol–water partition coefficient (Wildman–Crippen LogP) is 11.5. The topological polar surface area (TPSA) is 37.4 Å². The van der Waals surface area contributed by atoms with Crippen molar-refractivity contribution < 1.29 is 8.42 Å². The first-order chi connectivity index (χ1) is 30.9. The smallest absolute Gasteiger partial charge is 0.207 e. The summed E-state index contributed by atoms with van der Waals surface area (Å²) in [4.78, 5) is 3.18. The lowest BCUT2D eigenvalue weighted by molar-refractivity contribution is 0.0488. The van der Waals surface area contributed by atoms with Gasteiger partial charge in [0.05, 0.1) is 9.79 Å². The number of rotatable bonds is 8. The van der Waals surface area contributed by atoms with Crippen LogP contribution in [0.25, 0.3) is 11.1 Å². The first kappa shape index (κ1) is 39.6. The standard InChI is InChI=1S/C58H51NO2SSi/c1-42-39-45-17-16-18-46(40-42)58(45)54-27-14-15-28-56(54)62(60,61)57-41-49(35-38-55(57)58)59(47-19-6-2-7-20-47)48-33-29-43(30-34-48)44-31-36-53(37-32-44)63(50-21-8-3-9-22-50,51-23-10-4-11-24-51)52-25-12-5-13-26-52/h2-15,19-38,41-42,45-46H,16-18,39-40H2,1H3/t42-,45-,46+,58?. The molecule has 4 atom stereocenters. The monoisotopic (exact) mass is 853 g/mol. The maximum atomic E-state index is 14.9. The van der Waals surface area contributed by atoms with E-state index in [1.807, 2.05) is 42.5 Å². The summed E-state index contributed by atoms with van der Waals surface area (Å²) in [6.07, 6.45) is 5.75. The van der Waals surface area contributed by atoms with Crippen molar-refractivity contribution in [2.24, 2.45) is 17.8 Å². The fourth-order valence-electron chi connectivity index (χ4n) is 12.3. The molecule has 0 aromatic heterocycles. The molecule has 1 heterocycles. The molecule has 1 unspecified atom stereocenters. The lowest BCUT2D eigenvalue weighted by Crippen LogP contribution is -2.74. The van der Waals surface area contributed by atoms with Crippen molar-refractivity contribution >= 4 is 55.7 Å². The summed E-state index contributed by atoms with van der Waals surface area (Å²) in [5.41, 5.74) is 6.80. The van der Waals surface area contributed by atoms with Crippen LogP contribution in [0, 0.1) is 17.8 Å². The second kappa shape index (κ2) is 15.8. The largest absolute Gasteiger partial charge is 0.310 e. The van der Waals surface area contributed by atoms with Gasteiger partial charge in [0.25, 0.3) is 0 Å². The third kappa shape index (κ3) is 6.31. The molecule has 5 heteroatoms. The molecule has 2 saturated carbocycles. The van der Waals surface area contributed by atoms with Gasteiger partial charge in [-0.1, -0.05) is 183 Å². The van der Waals surface area contributed by atoms with Crippen molar-refractivity contribution in [2.45, 2.75) is 54.2 Å². The Labute approximate surface area is 373 Å². The first-order valence-corrected chi connectivity index (χ1v) is 26.1. The third-order valence-electron chi connectivity index (χ3n) is 14.8. The molecule has 8 aromatic rings. The molecule has 3 nitrogen and oxygen atoms in total. The van der Waals surface area contributed by atoms with Crippen molar-refractivity contribution in [1.82, 2.24) is 0 Å². The molecule has 0 radical (unpaired) electrons. The average molecular weight is 854 g/mol. The van der Waals surface area contributed by atoms with E-state index in [0.717, 1.165) is 65.0 Å². The van der Waals surface area contributed by atoms with E-state index < -0.39 is 17.9 Å². The van der Waals surface area contributed by atoms with Gasteiger partial charge in [-0.3, -0.25) is 0 Å². The van der Waals surface area contributed by atoms with E-state index in [-0.39, 0.29) is 5.41 Å². The van der Waals surface area contributed by atoms with Crippen molar-refractivity contribution in [2.75, 3.05) is 4.90 Å². The minimum Gasteiger partial charge on any atom is -0.310 e. The van der Waals surface area contributed by atoms with Gasteiger partial charge in [-0.15, -0.1) is 0 Å². The van der Waals surface area contributed by atoms with E-state index in [1.54, 1.807) is 0 Å². The van der Waals surface area contributed by atoms with Gasteiger partial charge in [0, 0.05) is 22.5 Å². The molecule has 63 heavy (non-hydrogen) atoms. The fraction of sp³-hybridized carbons (Fsp3) is 0.172. The Morgan fingerprint density at radius 2 is 0.889 bits per heavy atom. The second-order valence-electron chi connectivity index (χ2n) is 18.1. The molecule has 8 aromatic carbocycles. The number of hydrogen-bond donors (Lipinski definition) is 0. The fourth-order valence-corrected chi connectivity index (χ4v) is 18.8. The summed E-state index contributed by atoms with van der Waals surface area (Å²) in [7, 11) is -6.41. The quantitative estimate of drug-likeness (QED) is 0.113. The molecule has 310 valence electrons. The summed E-state index contributed by atoms with van der Waals surface area (Å²) in [5.74, 6) is 1.48. The van der Waals surface area contributed by atoms with Crippen LogP contribution >= 0.6 is 0 Å². The SMILES string of the molecule is C[C@@H]1C[C@H]2CCC[C@@H](C1)C21c2ccccc2S(=O)(=O)c2cc(N(c3ccccc3)c3ccc(-c4ccc([Si](c5ccccc5)(c5ccccc5)c5ccccc5)cc4)cc3)ccc21. The Hall–Kier alpha value is -6.27. The van der Waals surface area contributed by atoms with E-state index >= 15 is 0 Å². The number of anilines is 3. The molecular formula is C58H51NO2SSi. The maximum absolute atomic E-state index is 14.9. The van der Waals surface area contributed by atoms with E-state index in [1.165, 1.54) is 27.2 Å². The molecule has 2 bridgehead atoms. The van der Waals surface area contributed by atoms with E-state index in [4.69, 9.17) is 0 Å². The minimum absolute atomic E-state index is 0.291. The summed E-state index contributed by atoms with van der Waals surface area (Å²) < 4.78 is 29.7. The highest BCUT2D eigenvalue weighted by molar-refractivity contribution is 7.91. The van der Waals surface area contributed by atoms with Crippen LogP contribution in [0.5, 0.6) is 0 Å². The Kier molecular flexibility index (Phi) is 9.93. The van der Waals surface area contributed by atoms with Gasteiger partial charge in [-0.2, -0.15) is 0 Å². The van der Waals surface area contributed by atoms with Crippen LogP contribution in [0.3, 0.4) is 0 Å². The number of para-hydroxylation sites is 1. The van der Waals surface area contributed by atoms with Gasteiger partial charge in [0.1, 0.15) is 0 Å². The maximum Gasteiger partial charge on any atom is 0.207 e. The van der Waals surface area contributed by atoms with Crippen LogP contribution < -0.4 is 25.6 Å². The van der Waals surface area contributed by atoms with Crippen LogP contribution in [-0.4, -0.2) is 16.5 Å². The molecule has 2 aliphatic carbocycles. The molecule has 11 rings (SSSR count). The zero-order chi connectivity index (χ0) is 42.6. The molecule has 0 N–H and O–H groups in total. The van der Waals surface area contributed by atoms with Crippen molar-refractivity contribution in [3.05, 3.63) is 223 Å². The zero-order valence-electron chi connectivity index (χ0n) is 35.6. The molecule has 1 spiro atoms. The summed E-state index contributed by atoms with van der Waals surface area (Å²) >= 11 is 0. The van der Waals surface area contributed by atoms with Gasteiger partial charge in [-0.25, -0.2) is 8.42 Å². The highest BCUT2D eigenvalue weighted by atomic mass is 32.2. The van der Waals surface area contributed by atoms with E-state index in [0.29, 0.717) is 27.5 Å². The van der Waals surface area contributed by atoms with Crippen LogP contribution in [-0.2, 0) is 15.3 Å². The molecule has 1 aliphatic heterocycles. The van der Waals surface area contributed by atoms with Gasteiger partial charge in [0.15, 0.2) is 8.07 Å². The number of benzene rings is 8. The molecular weight excluding hydrogens is 803 g/mol. The van der Waals surface area contributed by atoms with Crippen LogP contribution in [0.2, 0.25) is 0 Å². The highest BCUT2D eigenvalue weighted by Gasteiger charge is 2.58. The van der Waals surface area contributed by atoms with Crippen LogP contribution in [0.1, 0.15) is 50.2 Å².